The molecule has 0 saturated carbocycles. The number of hydrogen-bond donors (Lipinski definition) is 1. The second-order valence-electron chi connectivity index (χ2n) is 9.02. The predicted molar refractivity (Wildman–Crippen MR) is 125 cm³/mol. The smallest absolute Gasteiger partial charge is 0.251 e. The van der Waals surface area contributed by atoms with Crippen molar-refractivity contribution in [2.45, 2.75) is 51.3 Å². The summed E-state index contributed by atoms with van der Waals surface area (Å²) >= 11 is 0. The van der Waals surface area contributed by atoms with E-state index >= 15 is 0 Å². The summed E-state index contributed by atoms with van der Waals surface area (Å²) < 4.78 is 6.27. The molecule has 0 bridgehead atoms. The van der Waals surface area contributed by atoms with Crippen LogP contribution in [0.5, 0.6) is 5.75 Å². The lowest BCUT2D eigenvalue weighted by molar-refractivity contribution is 0.0525. The van der Waals surface area contributed by atoms with E-state index in [9.17, 15) is 4.79 Å². The molecule has 166 valence electrons. The van der Waals surface area contributed by atoms with Gasteiger partial charge in [0.25, 0.3) is 5.91 Å². The van der Waals surface area contributed by atoms with E-state index in [1.807, 2.05) is 42.5 Å². The van der Waals surface area contributed by atoms with Crippen LogP contribution in [-0.4, -0.2) is 61.1 Å². The molecule has 2 aliphatic rings. The zero-order valence-corrected chi connectivity index (χ0v) is 18.8. The van der Waals surface area contributed by atoms with Crippen LogP contribution in [0.2, 0.25) is 0 Å². The molecule has 31 heavy (non-hydrogen) atoms. The number of nitrogens with one attached hydrogen (secondary N) is 1. The first-order chi connectivity index (χ1) is 15.1. The zero-order chi connectivity index (χ0) is 21.6. The first-order valence-electron chi connectivity index (χ1n) is 11.6. The number of ether oxygens (including phenoxy) is 1. The molecule has 4 rings (SSSR count). The summed E-state index contributed by atoms with van der Waals surface area (Å²) in [7, 11) is 2.22. The summed E-state index contributed by atoms with van der Waals surface area (Å²) in [6.07, 6.45) is 4.89. The van der Waals surface area contributed by atoms with Gasteiger partial charge in [0.15, 0.2) is 0 Å². The van der Waals surface area contributed by atoms with Crippen molar-refractivity contribution in [2.24, 2.45) is 0 Å². The van der Waals surface area contributed by atoms with Gasteiger partial charge in [0.2, 0.25) is 0 Å². The number of benzene rings is 2. The van der Waals surface area contributed by atoms with Gasteiger partial charge in [-0.1, -0.05) is 30.3 Å². The van der Waals surface area contributed by atoms with Crippen molar-refractivity contribution >= 4 is 5.91 Å². The third kappa shape index (κ3) is 5.86. The molecule has 1 N–H and O–H groups in total. The molecule has 0 unspecified atom stereocenters. The molecule has 0 radical (unpaired) electrons. The molecule has 2 aliphatic heterocycles. The Morgan fingerprint density at radius 2 is 1.74 bits per heavy atom. The van der Waals surface area contributed by atoms with Gasteiger partial charge in [-0.2, -0.15) is 0 Å². The number of carbonyl (C=O) groups excluding carboxylic acids is 1. The standard InChI is InChI=1S/C26H35N3O2/c1-20-6-3-4-7-22(20)19-27-26(30)21-8-5-9-25(18-21)31-24-12-16-29(17-13-24)23-10-14-28(2)15-11-23/h3-9,18,23-24H,10-17,19H2,1-2H3,(H,27,30). The number of likely N-dealkylation sites (tertiary alicyclic amines) is 2. The van der Waals surface area contributed by atoms with Crippen LogP contribution in [0.25, 0.3) is 0 Å². The predicted octanol–water partition coefficient (Wildman–Crippen LogP) is 3.86. The van der Waals surface area contributed by atoms with Gasteiger partial charge >= 0.3 is 0 Å². The second-order valence-corrected chi connectivity index (χ2v) is 9.02. The normalized spacial score (nSPS) is 19.3. The van der Waals surface area contributed by atoms with E-state index in [4.69, 9.17) is 4.74 Å². The molecule has 2 saturated heterocycles. The summed E-state index contributed by atoms with van der Waals surface area (Å²) in [4.78, 5) is 17.7. The molecule has 5 heteroatoms. The Balaban J connectivity index is 1.27. The Morgan fingerprint density at radius 1 is 1.00 bits per heavy atom. The lowest BCUT2D eigenvalue weighted by atomic mass is 9.99. The number of rotatable bonds is 6. The van der Waals surface area contributed by atoms with E-state index in [0.29, 0.717) is 12.1 Å². The largest absolute Gasteiger partial charge is 0.490 e. The van der Waals surface area contributed by atoms with E-state index in [1.165, 1.54) is 31.5 Å². The molecule has 2 aromatic carbocycles. The van der Waals surface area contributed by atoms with E-state index in [1.54, 1.807) is 0 Å². The van der Waals surface area contributed by atoms with Crippen LogP contribution in [0.15, 0.2) is 48.5 Å². The van der Waals surface area contributed by atoms with Gasteiger partial charge in [0.05, 0.1) is 0 Å². The molecule has 5 nitrogen and oxygen atoms in total. The molecule has 0 aliphatic carbocycles. The highest BCUT2D eigenvalue weighted by atomic mass is 16.5. The number of amides is 1. The summed E-state index contributed by atoms with van der Waals surface area (Å²) in [6.45, 7) is 7.23. The van der Waals surface area contributed by atoms with Crippen LogP contribution in [0, 0.1) is 6.92 Å². The van der Waals surface area contributed by atoms with Gasteiger partial charge in [0, 0.05) is 31.2 Å². The van der Waals surface area contributed by atoms with Crippen LogP contribution in [0.3, 0.4) is 0 Å². The van der Waals surface area contributed by atoms with E-state index < -0.39 is 0 Å². The monoisotopic (exact) mass is 421 g/mol. The molecule has 1 amide bonds. The molecule has 0 spiro atoms. The maximum Gasteiger partial charge on any atom is 0.251 e. The van der Waals surface area contributed by atoms with Gasteiger partial charge < -0.3 is 19.9 Å². The van der Waals surface area contributed by atoms with Gasteiger partial charge in [0.1, 0.15) is 11.9 Å². The minimum absolute atomic E-state index is 0.0641. The highest BCUT2D eigenvalue weighted by molar-refractivity contribution is 5.94. The summed E-state index contributed by atoms with van der Waals surface area (Å²) in [5.74, 6) is 0.729. The Hall–Kier alpha value is -2.37. The van der Waals surface area contributed by atoms with Crippen molar-refractivity contribution < 1.29 is 9.53 Å². The first kappa shape index (κ1) is 21.8. The quantitative estimate of drug-likeness (QED) is 0.769. The number of piperidine rings is 2. The van der Waals surface area contributed by atoms with Crippen LogP contribution < -0.4 is 10.1 Å². The minimum Gasteiger partial charge on any atom is -0.490 e. The van der Waals surface area contributed by atoms with Crippen LogP contribution in [0.4, 0.5) is 0 Å². The molecule has 2 fully saturated rings. The summed E-state index contributed by atoms with van der Waals surface area (Å²) in [5, 5.41) is 3.03. The third-order valence-corrected chi connectivity index (χ3v) is 6.78. The number of hydrogen-bond acceptors (Lipinski definition) is 4. The molecule has 2 heterocycles. The van der Waals surface area contributed by atoms with E-state index in [0.717, 1.165) is 43.3 Å². The van der Waals surface area contributed by atoms with Crippen molar-refractivity contribution in [2.75, 3.05) is 33.2 Å². The first-order valence-corrected chi connectivity index (χ1v) is 11.6. The minimum atomic E-state index is -0.0641. The zero-order valence-electron chi connectivity index (χ0n) is 18.8. The molecule has 0 atom stereocenters. The van der Waals surface area contributed by atoms with Gasteiger partial charge in [-0.25, -0.2) is 0 Å². The molecule has 2 aromatic rings. The van der Waals surface area contributed by atoms with E-state index in [-0.39, 0.29) is 12.0 Å². The number of aryl methyl sites for hydroxylation is 1. The average molecular weight is 422 g/mol. The number of carbonyl (C=O) groups is 1. The lowest BCUT2D eigenvalue weighted by Gasteiger charge is -2.41. The Bertz CT molecular complexity index is 868. The topological polar surface area (TPSA) is 44.8 Å². The Morgan fingerprint density at radius 3 is 2.48 bits per heavy atom. The molecular formula is C26H35N3O2. The Kier molecular flexibility index (Phi) is 7.25. The highest BCUT2D eigenvalue weighted by Gasteiger charge is 2.28. The summed E-state index contributed by atoms with van der Waals surface area (Å²) in [5.41, 5.74) is 2.97. The van der Waals surface area contributed by atoms with E-state index in [2.05, 4.69) is 35.2 Å². The van der Waals surface area contributed by atoms with Crippen molar-refractivity contribution in [1.29, 1.82) is 0 Å². The fraction of sp³-hybridized carbons (Fsp3) is 0.500. The summed E-state index contributed by atoms with van der Waals surface area (Å²) in [6, 6.07) is 16.5. The highest BCUT2D eigenvalue weighted by Crippen LogP contribution is 2.24. The molecule has 0 aromatic heterocycles. The van der Waals surface area contributed by atoms with Crippen molar-refractivity contribution in [3.8, 4) is 5.75 Å². The van der Waals surface area contributed by atoms with Crippen molar-refractivity contribution in [3.63, 3.8) is 0 Å². The van der Waals surface area contributed by atoms with Gasteiger partial charge in [-0.05, 0) is 82.1 Å². The SMILES string of the molecule is Cc1ccccc1CNC(=O)c1cccc(OC2CCN(C3CCN(C)CC3)CC2)c1. The maximum atomic E-state index is 12.6. The maximum absolute atomic E-state index is 12.6. The Labute approximate surface area is 186 Å². The second kappa shape index (κ2) is 10.3. The van der Waals surface area contributed by atoms with Crippen molar-refractivity contribution in [1.82, 2.24) is 15.1 Å². The fourth-order valence-corrected chi connectivity index (χ4v) is 4.71. The average Bonchev–Trinajstić information content (AvgIpc) is 2.80. The van der Waals surface area contributed by atoms with Crippen molar-refractivity contribution in [3.05, 3.63) is 65.2 Å². The van der Waals surface area contributed by atoms with Gasteiger partial charge in [-0.15, -0.1) is 0 Å². The van der Waals surface area contributed by atoms with Gasteiger partial charge in [-0.3, -0.25) is 4.79 Å². The van der Waals surface area contributed by atoms with Crippen LogP contribution in [0.1, 0.15) is 47.2 Å². The van der Waals surface area contributed by atoms with Crippen LogP contribution >= 0.6 is 0 Å². The lowest BCUT2D eigenvalue weighted by Crippen LogP contribution is -2.48. The van der Waals surface area contributed by atoms with Crippen LogP contribution in [-0.2, 0) is 6.54 Å². The number of nitrogens with zero attached hydrogens (tertiary/aromatic N) is 2. The fourth-order valence-electron chi connectivity index (χ4n) is 4.71. The molecular weight excluding hydrogens is 386 g/mol. The third-order valence-electron chi connectivity index (χ3n) is 6.78.